The lowest BCUT2D eigenvalue weighted by Crippen LogP contribution is -2.50. The van der Waals surface area contributed by atoms with E-state index in [1.54, 1.807) is 0 Å². The van der Waals surface area contributed by atoms with Gasteiger partial charge in [0.2, 0.25) is 0 Å². The molecule has 1 fully saturated rings. The van der Waals surface area contributed by atoms with Crippen molar-refractivity contribution in [1.82, 2.24) is 9.78 Å². The SMILES string of the molecule is CC(C)C1[C@H](C)N(c2ccnn2C)C(C(C)(C)C)N1c1ccccc1. The predicted molar refractivity (Wildman–Crippen MR) is 106 cm³/mol. The van der Waals surface area contributed by atoms with E-state index in [2.05, 4.69) is 92.8 Å². The molecule has 1 aliphatic heterocycles. The fourth-order valence-corrected chi connectivity index (χ4v) is 4.50. The van der Waals surface area contributed by atoms with Crippen LogP contribution in [0.5, 0.6) is 0 Å². The molecule has 0 aliphatic carbocycles. The van der Waals surface area contributed by atoms with Crippen molar-refractivity contribution in [2.75, 3.05) is 9.80 Å². The van der Waals surface area contributed by atoms with Crippen molar-refractivity contribution < 1.29 is 0 Å². The minimum absolute atomic E-state index is 0.0952. The Bertz CT molecular complexity index is 698. The lowest BCUT2D eigenvalue weighted by molar-refractivity contribution is 0.310. The van der Waals surface area contributed by atoms with Gasteiger partial charge in [-0.05, 0) is 25.0 Å². The summed E-state index contributed by atoms with van der Waals surface area (Å²) in [6, 6.07) is 13.9. The van der Waals surface area contributed by atoms with Crippen LogP contribution in [-0.2, 0) is 7.05 Å². The molecule has 0 saturated carbocycles. The van der Waals surface area contributed by atoms with E-state index in [1.165, 1.54) is 11.5 Å². The van der Waals surface area contributed by atoms with E-state index in [4.69, 9.17) is 0 Å². The summed E-state index contributed by atoms with van der Waals surface area (Å²) in [7, 11) is 2.04. The largest absolute Gasteiger partial charge is 0.345 e. The van der Waals surface area contributed by atoms with E-state index < -0.39 is 0 Å². The molecule has 136 valence electrons. The number of aromatic nitrogens is 2. The Hall–Kier alpha value is -1.97. The first-order valence-corrected chi connectivity index (χ1v) is 9.33. The molecule has 2 unspecified atom stereocenters. The summed E-state index contributed by atoms with van der Waals surface area (Å²) in [6.07, 6.45) is 2.17. The molecule has 1 aromatic carbocycles. The molecule has 0 bridgehead atoms. The van der Waals surface area contributed by atoms with E-state index in [1.807, 2.05) is 17.9 Å². The Morgan fingerprint density at radius 2 is 1.64 bits per heavy atom. The second-order valence-corrected chi connectivity index (χ2v) is 8.68. The summed E-state index contributed by atoms with van der Waals surface area (Å²) in [4.78, 5) is 5.22. The van der Waals surface area contributed by atoms with Gasteiger partial charge < -0.3 is 9.80 Å². The second-order valence-electron chi connectivity index (χ2n) is 8.68. The maximum absolute atomic E-state index is 4.44. The Morgan fingerprint density at radius 3 is 2.12 bits per heavy atom. The first-order chi connectivity index (χ1) is 11.7. The highest BCUT2D eigenvalue weighted by molar-refractivity contribution is 5.58. The van der Waals surface area contributed by atoms with Crippen LogP contribution in [0.3, 0.4) is 0 Å². The number of benzene rings is 1. The maximum Gasteiger partial charge on any atom is 0.128 e. The van der Waals surface area contributed by atoms with E-state index in [-0.39, 0.29) is 11.6 Å². The molecule has 3 rings (SSSR count). The van der Waals surface area contributed by atoms with Gasteiger partial charge in [0.1, 0.15) is 12.0 Å². The molecular weight excluding hydrogens is 308 g/mol. The third-order valence-electron chi connectivity index (χ3n) is 5.35. The van der Waals surface area contributed by atoms with Crippen LogP contribution in [0.1, 0.15) is 41.5 Å². The van der Waals surface area contributed by atoms with Crippen LogP contribution < -0.4 is 9.80 Å². The minimum Gasteiger partial charge on any atom is -0.345 e. The predicted octanol–water partition coefficient (Wildman–Crippen LogP) is 4.53. The highest BCUT2D eigenvalue weighted by Gasteiger charge is 2.51. The van der Waals surface area contributed by atoms with Crippen LogP contribution in [0, 0.1) is 11.3 Å². The van der Waals surface area contributed by atoms with Crippen molar-refractivity contribution in [2.24, 2.45) is 18.4 Å². The molecule has 1 aromatic heterocycles. The van der Waals surface area contributed by atoms with E-state index >= 15 is 0 Å². The van der Waals surface area contributed by atoms with Gasteiger partial charge in [-0.2, -0.15) is 5.10 Å². The first kappa shape index (κ1) is 17.8. The molecule has 25 heavy (non-hydrogen) atoms. The Kier molecular flexibility index (Phi) is 4.56. The smallest absolute Gasteiger partial charge is 0.128 e. The van der Waals surface area contributed by atoms with Gasteiger partial charge in [-0.3, -0.25) is 4.68 Å². The zero-order valence-electron chi connectivity index (χ0n) is 16.6. The lowest BCUT2D eigenvalue weighted by atomic mass is 9.90. The van der Waals surface area contributed by atoms with Gasteiger partial charge in [-0.1, -0.05) is 52.8 Å². The lowest BCUT2D eigenvalue weighted by Gasteiger charge is -2.43. The molecular formula is C21H32N4. The fourth-order valence-electron chi connectivity index (χ4n) is 4.50. The molecule has 0 N–H and O–H groups in total. The molecule has 4 nitrogen and oxygen atoms in total. The number of rotatable bonds is 3. The topological polar surface area (TPSA) is 24.3 Å². The third kappa shape index (κ3) is 3.03. The van der Waals surface area contributed by atoms with Gasteiger partial charge in [0, 0.05) is 24.2 Å². The Labute approximate surface area is 152 Å². The second kappa shape index (κ2) is 6.40. The van der Waals surface area contributed by atoms with E-state index in [0.29, 0.717) is 18.0 Å². The molecule has 0 spiro atoms. The molecule has 1 aliphatic rings. The summed E-state index contributed by atoms with van der Waals surface area (Å²) in [6.45, 7) is 14.1. The van der Waals surface area contributed by atoms with Crippen LogP contribution in [0.15, 0.2) is 42.6 Å². The van der Waals surface area contributed by atoms with Crippen molar-refractivity contribution in [2.45, 2.75) is 59.8 Å². The van der Waals surface area contributed by atoms with Gasteiger partial charge in [-0.25, -0.2) is 0 Å². The number of hydrogen-bond donors (Lipinski definition) is 0. The zero-order chi connectivity index (χ0) is 18.4. The van der Waals surface area contributed by atoms with Crippen molar-refractivity contribution in [3.63, 3.8) is 0 Å². The summed E-state index contributed by atoms with van der Waals surface area (Å²) in [5.74, 6) is 1.75. The molecule has 2 heterocycles. The summed E-state index contributed by atoms with van der Waals surface area (Å²) in [5.41, 5.74) is 1.40. The monoisotopic (exact) mass is 340 g/mol. The van der Waals surface area contributed by atoms with E-state index in [9.17, 15) is 0 Å². The number of anilines is 2. The average Bonchev–Trinajstić information content (AvgIpc) is 3.08. The average molecular weight is 341 g/mol. The summed E-state index contributed by atoms with van der Waals surface area (Å²) in [5, 5.41) is 4.44. The van der Waals surface area contributed by atoms with Crippen molar-refractivity contribution >= 4 is 11.5 Å². The normalized spacial score (nSPS) is 24.4. The van der Waals surface area contributed by atoms with E-state index in [0.717, 1.165) is 0 Å². The van der Waals surface area contributed by atoms with Crippen LogP contribution in [0.2, 0.25) is 0 Å². The Morgan fingerprint density at radius 1 is 1.00 bits per heavy atom. The molecule has 1 saturated heterocycles. The molecule has 0 amide bonds. The van der Waals surface area contributed by atoms with Crippen molar-refractivity contribution in [3.05, 3.63) is 42.6 Å². The minimum atomic E-state index is 0.0952. The van der Waals surface area contributed by atoms with Crippen molar-refractivity contribution in [1.29, 1.82) is 0 Å². The molecule has 0 radical (unpaired) electrons. The number of para-hydroxylation sites is 1. The van der Waals surface area contributed by atoms with Gasteiger partial charge in [0.05, 0.1) is 18.3 Å². The number of hydrogen-bond acceptors (Lipinski definition) is 3. The third-order valence-corrected chi connectivity index (χ3v) is 5.35. The standard InChI is InChI=1S/C21H32N4/c1-15(2)19-16(3)24(18-13-14-22-23(18)7)20(21(4,5)6)25(19)17-11-9-8-10-12-17/h8-16,19-20H,1-7H3/t16-,19?,20?/m0/s1. The number of aryl methyl sites for hydroxylation is 1. The van der Waals surface area contributed by atoms with Crippen LogP contribution in [-0.4, -0.2) is 28.0 Å². The van der Waals surface area contributed by atoms with Crippen LogP contribution in [0.25, 0.3) is 0 Å². The van der Waals surface area contributed by atoms with Crippen LogP contribution >= 0.6 is 0 Å². The summed E-state index contributed by atoms with van der Waals surface area (Å²) >= 11 is 0. The first-order valence-electron chi connectivity index (χ1n) is 9.33. The Balaban J connectivity index is 2.18. The molecule has 4 heteroatoms. The number of nitrogens with zero attached hydrogens (tertiary/aromatic N) is 4. The molecule has 3 atom stereocenters. The quantitative estimate of drug-likeness (QED) is 0.820. The zero-order valence-corrected chi connectivity index (χ0v) is 16.6. The fraction of sp³-hybridized carbons (Fsp3) is 0.571. The van der Waals surface area contributed by atoms with Gasteiger partial charge >= 0.3 is 0 Å². The highest BCUT2D eigenvalue weighted by atomic mass is 15.5. The van der Waals surface area contributed by atoms with Crippen molar-refractivity contribution in [3.8, 4) is 0 Å². The van der Waals surface area contributed by atoms with Gasteiger partial charge in [-0.15, -0.1) is 0 Å². The van der Waals surface area contributed by atoms with Crippen LogP contribution in [0.4, 0.5) is 11.5 Å². The van der Waals surface area contributed by atoms with Gasteiger partial charge in [0.25, 0.3) is 0 Å². The molecule has 2 aromatic rings. The summed E-state index contributed by atoms with van der Waals surface area (Å²) < 4.78 is 2.00. The maximum atomic E-state index is 4.44. The van der Waals surface area contributed by atoms with Gasteiger partial charge in [0.15, 0.2) is 0 Å². The highest BCUT2D eigenvalue weighted by Crippen LogP contribution is 2.44.